The lowest BCUT2D eigenvalue weighted by Crippen LogP contribution is -2.54. The molecule has 0 spiro atoms. The molecule has 0 bridgehead atoms. The second kappa shape index (κ2) is 7.30. The van der Waals surface area contributed by atoms with Gasteiger partial charge in [-0.3, -0.25) is 14.9 Å². The lowest BCUT2D eigenvalue weighted by molar-refractivity contribution is -0.122. The van der Waals surface area contributed by atoms with Crippen molar-refractivity contribution in [3.8, 4) is 11.5 Å². The Morgan fingerprint density at radius 3 is 2.59 bits per heavy atom. The first-order valence-electron chi connectivity index (χ1n) is 7.56. The fourth-order valence-corrected chi connectivity index (χ4v) is 2.87. The number of anilines is 1. The van der Waals surface area contributed by atoms with Crippen LogP contribution in [0, 0.1) is 0 Å². The number of nitrogens with one attached hydrogen (secondary N) is 1. The van der Waals surface area contributed by atoms with Gasteiger partial charge in [0, 0.05) is 0 Å². The van der Waals surface area contributed by atoms with Crippen LogP contribution < -0.4 is 15.0 Å². The SMILES string of the molecule is COc1cc(/C=C2\C(=O)NC(=O)N(c3cccc(Cl)c3Cl)C2=O)ccc1O. The number of rotatable bonds is 3. The largest absolute Gasteiger partial charge is 0.504 e. The van der Waals surface area contributed by atoms with Gasteiger partial charge in [0.2, 0.25) is 0 Å². The normalized spacial score (nSPS) is 15.9. The van der Waals surface area contributed by atoms with Crippen LogP contribution in [0.5, 0.6) is 11.5 Å². The number of phenols is 1. The van der Waals surface area contributed by atoms with E-state index in [9.17, 15) is 19.5 Å². The fraction of sp³-hybridized carbons (Fsp3) is 0.0556. The summed E-state index contributed by atoms with van der Waals surface area (Å²) in [6.45, 7) is 0. The molecule has 138 valence electrons. The van der Waals surface area contributed by atoms with Gasteiger partial charge in [0.05, 0.1) is 22.8 Å². The summed E-state index contributed by atoms with van der Waals surface area (Å²) in [5.41, 5.74) is 0.168. The number of phenolic OH excluding ortho intramolecular Hbond substituents is 1. The summed E-state index contributed by atoms with van der Waals surface area (Å²) in [6, 6.07) is 7.80. The monoisotopic (exact) mass is 406 g/mol. The van der Waals surface area contributed by atoms with Crippen LogP contribution >= 0.6 is 23.2 Å². The molecular formula is C18H12Cl2N2O5. The van der Waals surface area contributed by atoms with Crippen molar-refractivity contribution in [3.05, 3.63) is 57.6 Å². The van der Waals surface area contributed by atoms with Crippen molar-refractivity contribution in [2.45, 2.75) is 0 Å². The van der Waals surface area contributed by atoms with E-state index in [0.29, 0.717) is 5.56 Å². The summed E-state index contributed by atoms with van der Waals surface area (Å²) in [5.74, 6) is -1.65. The quantitative estimate of drug-likeness (QED) is 0.601. The van der Waals surface area contributed by atoms with Crippen LogP contribution in [0.3, 0.4) is 0 Å². The number of amides is 4. The third-order valence-corrected chi connectivity index (χ3v) is 4.60. The molecule has 3 rings (SSSR count). The highest BCUT2D eigenvalue weighted by Gasteiger charge is 2.38. The summed E-state index contributed by atoms with van der Waals surface area (Å²) >= 11 is 12.1. The molecule has 1 heterocycles. The number of imide groups is 2. The van der Waals surface area contributed by atoms with Crippen LogP contribution in [0.15, 0.2) is 42.0 Å². The van der Waals surface area contributed by atoms with E-state index in [-0.39, 0.29) is 32.8 Å². The zero-order valence-electron chi connectivity index (χ0n) is 13.8. The Balaban J connectivity index is 2.06. The molecule has 0 saturated carbocycles. The number of carbonyl (C=O) groups excluding carboxylic acids is 3. The van der Waals surface area contributed by atoms with Gasteiger partial charge in [-0.15, -0.1) is 0 Å². The number of urea groups is 1. The lowest BCUT2D eigenvalue weighted by atomic mass is 10.1. The molecule has 0 unspecified atom stereocenters. The Labute approximate surface area is 163 Å². The lowest BCUT2D eigenvalue weighted by Gasteiger charge is -2.27. The van der Waals surface area contributed by atoms with Crippen LogP contribution in [0.4, 0.5) is 10.5 Å². The molecule has 0 aromatic heterocycles. The molecule has 0 aliphatic carbocycles. The summed E-state index contributed by atoms with van der Waals surface area (Å²) in [5, 5.41) is 11.9. The second-order valence-corrected chi connectivity index (χ2v) is 6.25. The number of carbonyl (C=O) groups is 3. The van der Waals surface area contributed by atoms with Crippen molar-refractivity contribution >= 4 is 52.8 Å². The molecule has 4 amide bonds. The molecule has 27 heavy (non-hydrogen) atoms. The minimum absolute atomic E-state index is 0.00247. The highest BCUT2D eigenvalue weighted by Crippen LogP contribution is 2.34. The van der Waals surface area contributed by atoms with E-state index in [1.807, 2.05) is 0 Å². The minimum atomic E-state index is -0.936. The molecule has 2 aromatic carbocycles. The number of aromatic hydroxyl groups is 1. The first kappa shape index (κ1) is 18.8. The van der Waals surface area contributed by atoms with Crippen molar-refractivity contribution in [1.29, 1.82) is 0 Å². The van der Waals surface area contributed by atoms with Gasteiger partial charge in [0.1, 0.15) is 5.57 Å². The number of hydrogen-bond acceptors (Lipinski definition) is 5. The second-order valence-electron chi connectivity index (χ2n) is 5.46. The Morgan fingerprint density at radius 2 is 1.89 bits per heavy atom. The van der Waals surface area contributed by atoms with Crippen LogP contribution in [0.25, 0.3) is 6.08 Å². The zero-order valence-corrected chi connectivity index (χ0v) is 15.3. The van der Waals surface area contributed by atoms with Crippen molar-refractivity contribution in [3.63, 3.8) is 0 Å². The van der Waals surface area contributed by atoms with Crippen molar-refractivity contribution in [1.82, 2.24) is 5.32 Å². The number of hydrogen-bond donors (Lipinski definition) is 2. The van der Waals surface area contributed by atoms with Crippen LogP contribution in [-0.2, 0) is 9.59 Å². The first-order chi connectivity index (χ1) is 12.8. The van der Waals surface area contributed by atoms with Gasteiger partial charge in [-0.25, -0.2) is 9.69 Å². The van der Waals surface area contributed by atoms with E-state index in [1.54, 1.807) is 0 Å². The number of nitrogens with zero attached hydrogens (tertiary/aromatic N) is 1. The number of halogens is 2. The van der Waals surface area contributed by atoms with E-state index in [2.05, 4.69) is 5.32 Å². The highest BCUT2D eigenvalue weighted by atomic mass is 35.5. The third kappa shape index (κ3) is 3.47. The number of ether oxygens (including phenoxy) is 1. The topological polar surface area (TPSA) is 95.9 Å². The van der Waals surface area contributed by atoms with Crippen molar-refractivity contribution in [2.24, 2.45) is 0 Å². The molecule has 2 aromatic rings. The fourth-order valence-electron chi connectivity index (χ4n) is 2.49. The van der Waals surface area contributed by atoms with Crippen LogP contribution in [0.2, 0.25) is 10.0 Å². The van der Waals surface area contributed by atoms with E-state index in [1.165, 1.54) is 49.6 Å². The highest BCUT2D eigenvalue weighted by molar-refractivity contribution is 6.46. The van der Waals surface area contributed by atoms with Gasteiger partial charge >= 0.3 is 6.03 Å². The standard InChI is InChI=1S/C18H12Cl2N2O5/c1-27-14-8-9(5-6-13(14)23)7-10-16(24)21-18(26)22(17(10)25)12-4-2-3-11(19)15(12)20/h2-8,23H,1H3,(H,21,24,26)/b10-7+. The number of barbiturate groups is 1. The van der Waals surface area contributed by atoms with Gasteiger partial charge in [-0.05, 0) is 35.9 Å². The van der Waals surface area contributed by atoms with Gasteiger partial charge in [-0.2, -0.15) is 0 Å². The predicted octanol–water partition coefficient (Wildman–Crippen LogP) is 3.37. The van der Waals surface area contributed by atoms with Crippen LogP contribution in [0.1, 0.15) is 5.56 Å². The third-order valence-electron chi connectivity index (χ3n) is 3.79. The average molecular weight is 407 g/mol. The molecule has 0 radical (unpaired) electrons. The molecule has 1 fully saturated rings. The maximum Gasteiger partial charge on any atom is 0.336 e. The van der Waals surface area contributed by atoms with E-state index < -0.39 is 17.8 Å². The minimum Gasteiger partial charge on any atom is -0.504 e. The Hall–Kier alpha value is -3.03. The molecule has 2 N–H and O–H groups in total. The summed E-state index contributed by atoms with van der Waals surface area (Å²) in [7, 11) is 1.37. The average Bonchev–Trinajstić information content (AvgIpc) is 2.63. The molecular weight excluding hydrogens is 395 g/mol. The number of benzene rings is 2. The molecule has 1 aliphatic heterocycles. The molecule has 9 heteroatoms. The molecule has 1 aliphatic rings. The molecule has 1 saturated heterocycles. The molecule has 0 atom stereocenters. The molecule has 7 nitrogen and oxygen atoms in total. The van der Waals surface area contributed by atoms with Gasteiger partial charge in [-0.1, -0.05) is 35.3 Å². The van der Waals surface area contributed by atoms with Crippen molar-refractivity contribution < 1.29 is 24.2 Å². The predicted molar refractivity (Wildman–Crippen MR) is 100 cm³/mol. The van der Waals surface area contributed by atoms with Gasteiger partial charge < -0.3 is 9.84 Å². The zero-order chi connectivity index (χ0) is 19.7. The Bertz CT molecular complexity index is 1000. The van der Waals surface area contributed by atoms with Gasteiger partial charge in [0.15, 0.2) is 11.5 Å². The van der Waals surface area contributed by atoms with E-state index in [0.717, 1.165) is 4.90 Å². The summed E-state index contributed by atoms with van der Waals surface area (Å²) in [6.07, 6.45) is 1.28. The first-order valence-corrected chi connectivity index (χ1v) is 8.31. The number of methoxy groups -OCH3 is 1. The smallest absolute Gasteiger partial charge is 0.336 e. The Morgan fingerprint density at radius 1 is 1.15 bits per heavy atom. The summed E-state index contributed by atoms with van der Waals surface area (Å²) < 4.78 is 5.00. The van der Waals surface area contributed by atoms with E-state index in [4.69, 9.17) is 27.9 Å². The van der Waals surface area contributed by atoms with Gasteiger partial charge in [0.25, 0.3) is 11.8 Å². The van der Waals surface area contributed by atoms with E-state index >= 15 is 0 Å². The van der Waals surface area contributed by atoms with Crippen LogP contribution in [-0.4, -0.2) is 30.1 Å². The van der Waals surface area contributed by atoms with Crippen molar-refractivity contribution in [2.75, 3.05) is 12.0 Å². The maximum absolute atomic E-state index is 12.8. The maximum atomic E-state index is 12.8. The Kier molecular flexibility index (Phi) is 5.07. The summed E-state index contributed by atoms with van der Waals surface area (Å²) in [4.78, 5) is 38.0.